The zero-order valence-electron chi connectivity index (χ0n) is 13.0. The summed E-state index contributed by atoms with van der Waals surface area (Å²) in [6, 6.07) is 9.25. The van der Waals surface area contributed by atoms with Crippen molar-refractivity contribution in [1.82, 2.24) is 15.1 Å². The van der Waals surface area contributed by atoms with Gasteiger partial charge in [-0.05, 0) is 36.6 Å². The normalized spacial score (nSPS) is 16.2. The van der Waals surface area contributed by atoms with E-state index in [1.165, 1.54) is 0 Å². The van der Waals surface area contributed by atoms with Crippen molar-refractivity contribution in [1.29, 1.82) is 0 Å². The summed E-state index contributed by atoms with van der Waals surface area (Å²) in [4.78, 5) is 12.0. The molecule has 0 bridgehead atoms. The first-order chi connectivity index (χ1) is 11.1. The summed E-state index contributed by atoms with van der Waals surface area (Å²) in [5.41, 5.74) is 1.05. The Labute approximate surface area is 135 Å². The Morgan fingerprint density at radius 3 is 2.87 bits per heavy atom. The number of rotatable bonds is 5. The summed E-state index contributed by atoms with van der Waals surface area (Å²) in [6.07, 6.45) is 7.20. The summed E-state index contributed by atoms with van der Waals surface area (Å²) >= 11 is 0. The van der Waals surface area contributed by atoms with Crippen LogP contribution in [0.15, 0.2) is 42.7 Å². The van der Waals surface area contributed by atoms with E-state index in [0.717, 1.165) is 36.9 Å². The number of urea groups is 1. The summed E-state index contributed by atoms with van der Waals surface area (Å²) in [5, 5.41) is 20.0. The summed E-state index contributed by atoms with van der Waals surface area (Å²) < 4.78 is 1.83. The van der Waals surface area contributed by atoms with Crippen LogP contribution in [0.2, 0.25) is 0 Å². The zero-order chi connectivity index (χ0) is 16.1. The summed E-state index contributed by atoms with van der Waals surface area (Å²) in [5.74, 6) is 0. The van der Waals surface area contributed by atoms with Crippen LogP contribution in [0.1, 0.15) is 31.2 Å². The standard InChI is InChI=1S/C17H22N4O2/c22-16(18-13-17(23)7-1-2-8-17)20-15-6-3-5-14(11-15)12-21-10-4-9-19-21/h3-6,9-11,23H,1-2,7-8,12-13H2,(H2,18,20,22). The SMILES string of the molecule is O=C(NCC1(O)CCCC1)Nc1cccc(Cn2cccn2)c1. The fourth-order valence-corrected chi connectivity index (χ4v) is 2.96. The van der Waals surface area contributed by atoms with Gasteiger partial charge in [0, 0.05) is 24.6 Å². The van der Waals surface area contributed by atoms with Crippen molar-refractivity contribution in [3.63, 3.8) is 0 Å². The molecule has 0 spiro atoms. The quantitative estimate of drug-likeness (QED) is 0.792. The molecular weight excluding hydrogens is 292 g/mol. The molecule has 1 aliphatic carbocycles. The number of nitrogens with one attached hydrogen (secondary N) is 2. The Kier molecular flexibility index (Phi) is 4.62. The molecule has 1 fully saturated rings. The lowest BCUT2D eigenvalue weighted by Gasteiger charge is -2.22. The summed E-state index contributed by atoms with van der Waals surface area (Å²) in [6.45, 7) is 0.954. The lowest BCUT2D eigenvalue weighted by molar-refractivity contribution is 0.0506. The number of carbonyl (C=O) groups is 1. The average molecular weight is 314 g/mol. The van der Waals surface area contributed by atoms with Crippen LogP contribution in [0, 0.1) is 0 Å². The van der Waals surface area contributed by atoms with E-state index in [-0.39, 0.29) is 6.03 Å². The van der Waals surface area contributed by atoms with Crippen LogP contribution in [0.25, 0.3) is 0 Å². The molecule has 2 amide bonds. The second-order valence-electron chi connectivity index (χ2n) is 6.14. The van der Waals surface area contributed by atoms with Gasteiger partial charge >= 0.3 is 6.03 Å². The Balaban J connectivity index is 1.53. The number of anilines is 1. The topological polar surface area (TPSA) is 79.2 Å². The number of nitrogens with zero attached hydrogens (tertiary/aromatic N) is 2. The number of carbonyl (C=O) groups excluding carboxylic acids is 1. The molecule has 1 aromatic carbocycles. The predicted octanol–water partition coefficient (Wildman–Crippen LogP) is 2.36. The Morgan fingerprint density at radius 2 is 2.13 bits per heavy atom. The maximum absolute atomic E-state index is 12.0. The highest BCUT2D eigenvalue weighted by molar-refractivity contribution is 5.89. The third-order valence-corrected chi connectivity index (χ3v) is 4.20. The van der Waals surface area contributed by atoms with Gasteiger partial charge in [-0.25, -0.2) is 4.79 Å². The molecule has 122 valence electrons. The maximum Gasteiger partial charge on any atom is 0.319 e. The first-order valence-corrected chi connectivity index (χ1v) is 7.97. The molecule has 6 nitrogen and oxygen atoms in total. The van der Waals surface area contributed by atoms with Crippen molar-refractivity contribution in [3.05, 3.63) is 48.3 Å². The number of aromatic nitrogens is 2. The minimum Gasteiger partial charge on any atom is -0.388 e. The van der Waals surface area contributed by atoms with Crippen LogP contribution >= 0.6 is 0 Å². The number of hydrogen-bond acceptors (Lipinski definition) is 3. The molecule has 0 saturated heterocycles. The zero-order valence-corrected chi connectivity index (χ0v) is 13.0. The molecule has 0 radical (unpaired) electrons. The Morgan fingerprint density at radius 1 is 1.30 bits per heavy atom. The lowest BCUT2D eigenvalue weighted by atomic mass is 10.0. The van der Waals surface area contributed by atoms with Gasteiger partial charge in [-0.3, -0.25) is 4.68 Å². The number of benzene rings is 1. The molecule has 0 atom stereocenters. The predicted molar refractivity (Wildman–Crippen MR) is 88.2 cm³/mol. The van der Waals surface area contributed by atoms with Gasteiger partial charge in [0.05, 0.1) is 12.1 Å². The molecule has 0 aliphatic heterocycles. The third kappa shape index (κ3) is 4.32. The van der Waals surface area contributed by atoms with Gasteiger partial charge in [-0.15, -0.1) is 0 Å². The van der Waals surface area contributed by atoms with Crippen molar-refractivity contribution in [2.45, 2.75) is 37.8 Å². The van der Waals surface area contributed by atoms with E-state index < -0.39 is 5.60 Å². The van der Waals surface area contributed by atoms with E-state index in [4.69, 9.17) is 0 Å². The largest absolute Gasteiger partial charge is 0.388 e. The van der Waals surface area contributed by atoms with E-state index in [0.29, 0.717) is 13.1 Å². The number of aliphatic hydroxyl groups is 1. The van der Waals surface area contributed by atoms with E-state index in [1.807, 2.05) is 41.2 Å². The van der Waals surface area contributed by atoms with Crippen LogP contribution in [-0.4, -0.2) is 33.1 Å². The van der Waals surface area contributed by atoms with Crippen LogP contribution in [-0.2, 0) is 6.54 Å². The van der Waals surface area contributed by atoms with E-state index in [9.17, 15) is 9.90 Å². The van der Waals surface area contributed by atoms with E-state index in [2.05, 4.69) is 15.7 Å². The summed E-state index contributed by atoms with van der Waals surface area (Å²) in [7, 11) is 0. The highest BCUT2D eigenvalue weighted by Crippen LogP contribution is 2.28. The smallest absolute Gasteiger partial charge is 0.319 e. The van der Waals surface area contributed by atoms with E-state index in [1.54, 1.807) is 6.20 Å². The minimum atomic E-state index is -0.737. The van der Waals surface area contributed by atoms with Gasteiger partial charge in [-0.2, -0.15) is 5.10 Å². The fraction of sp³-hybridized carbons (Fsp3) is 0.412. The van der Waals surface area contributed by atoms with Crippen LogP contribution in [0.3, 0.4) is 0 Å². The molecule has 0 unspecified atom stereocenters. The first kappa shape index (κ1) is 15.6. The molecule has 1 heterocycles. The van der Waals surface area contributed by atoms with Gasteiger partial charge in [0.25, 0.3) is 0 Å². The molecule has 3 rings (SSSR count). The Hall–Kier alpha value is -2.34. The van der Waals surface area contributed by atoms with Crippen molar-refractivity contribution >= 4 is 11.7 Å². The second kappa shape index (κ2) is 6.83. The third-order valence-electron chi connectivity index (χ3n) is 4.20. The van der Waals surface area contributed by atoms with Crippen molar-refractivity contribution in [2.24, 2.45) is 0 Å². The molecule has 3 N–H and O–H groups in total. The minimum absolute atomic E-state index is 0.290. The molecule has 2 aromatic rings. The second-order valence-corrected chi connectivity index (χ2v) is 6.14. The van der Waals surface area contributed by atoms with Crippen molar-refractivity contribution in [2.75, 3.05) is 11.9 Å². The highest BCUT2D eigenvalue weighted by atomic mass is 16.3. The number of amides is 2. The molecule has 1 aliphatic rings. The monoisotopic (exact) mass is 314 g/mol. The maximum atomic E-state index is 12.0. The van der Waals surface area contributed by atoms with E-state index >= 15 is 0 Å². The van der Waals surface area contributed by atoms with Gasteiger partial charge in [-0.1, -0.05) is 25.0 Å². The van der Waals surface area contributed by atoms with Crippen LogP contribution in [0.5, 0.6) is 0 Å². The van der Waals surface area contributed by atoms with Gasteiger partial charge < -0.3 is 15.7 Å². The Bertz CT molecular complexity index is 648. The molecule has 23 heavy (non-hydrogen) atoms. The number of hydrogen-bond donors (Lipinski definition) is 3. The molecule has 6 heteroatoms. The molecule has 1 saturated carbocycles. The first-order valence-electron chi connectivity index (χ1n) is 7.97. The fourth-order valence-electron chi connectivity index (χ4n) is 2.96. The average Bonchev–Trinajstić information content (AvgIpc) is 3.18. The van der Waals surface area contributed by atoms with Crippen molar-refractivity contribution in [3.8, 4) is 0 Å². The van der Waals surface area contributed by atoms with Gasteiger partial charge in [0.15, 0.2) is 0 Å². The van der Waals surface area contributed by atoms with Crippen LogP contribution < -0.4 is 10.6 Å². The van der Waals surface area contributed by atoms with Crippen LogP contribution in [0.4, 0.5) is 10.5 Å². The van der Waals surface area contributed by atoms with Gasteiger partial charge in [0.1, 0.15) is 0 Å². The molecule has 1 aromatic heterocycles. The van der Waals surface area contributed by atoms with Crippen molar-refractivity contribution < 1.29 is 9.90 Å². The molecular formula is C17H22N4O2. The highest BCUT2D eigenvalue weighted by Gasteiger charge is 2.31. The lowest BCUT2D eigenvalue weighted by Crippen LogP contribution is -2.42. The van der Waals surface area contributed by atoms with Gasteiger partial charge in [0.2, 0.25) is 0 Å².